The highest BCUT2D eigenvalue weighted by Gasteiger charge is 2.18. The van der Waals surface area contributed by atoms with Gasteiger partial charge in [0.25, 0.3) is 0 Å². The van der Waals surface area contributed by atoms with Crippen LogP contribution in [0.3, 0.4) is 0 Å². The van der Waals surface area contributed by atoms with E-state index < -0.39 is 11.9 Å². The summed E-state index contributed by atoms with van der Waals surface area (Å²) in [6, 6.07) is 9.76. The number of fused-ring (bicyclic) bond motifs is 1. The molecule has 0 aliphatic heterocycles. The molecule has 2 aromatic carbocycles. The average Bonchev–Trinajstić information content (AvgIpc) is 2.37. The molecule has 0 amide bonds. The summed E-state index contributed by atoms with van der Waals surface area (Å²) in [6.07, 6.45) is 0. The Labute approximate surface area is 102 Å². The van der Waals surface area contributed by atoms with E-state index in [1.54, 1.807) is 24.3 Å². The molecule has 2 aromatic rings. The molecule has 0 saturated heterocycles. The molecule has 18 heavy (non-hydrogen) atoms. The summed E-state index contributed by atoms with van der Waals surface area (Å²) in [5.74, 6) is -2.23. The Morgan fingerprint density at radius 2 is 1.61 bits per heavy atom. The van der Waals surface area contributed by atoms with Crippen molar-refractivity contribution in [1.29, 1.82) is 0 Å². The van der Waals surface area contributed by atoms with Crippen molar-refractivity contribution in [2.45, 2.75) is 0 Å². The molecule has 0 spiro atoms. The average molecular weight is 244 g/mol. The van der Waals surface area contributed by atoms with Gasteiger partial charge in [-0.05, 0) is 22.9 Å². The van der Waals surface area contributed by atoms with Crippen LogP contribution in [-0.4, -0.2) is 23.5 Å². The maximum atomic E-state index is 11.5. The Hall–Kier alpha value is -2.69. The molecule has 0 aliphatic carbocycles. The first-order valence-electron chi connectivity index (χ1n) is 5.04. The van der Waals surface area contributed by atoms with E-state index in [1.165, 1.54) is 12.1 Å². The molecule has 0 atom stereocenters. The van der Waals surface area contributed by atoms with E-state index in [0.717, 1.165) is 0 Å². The van der Waals surface area contributed by atoms with E-state index in [1.807, 2.05) is 0 Å². The second kappa shape index (κ2) is 4.67. The number of hydrogen-bond donors (Lipinski definition) is 1. The predicted octanol–water partition coefficient (Wildman–Crippen LogP) is 1.85. The number of carbonyl (C=O) groups is 3. The number of carbonyl (C=O) groups excluding carboxylic acids is 2. The van der Waals surface area contributed by atoms with Gasteiger partial charge in [-0.1, -0.05) is 24.3 Å². The number of benzene rings is 2. The van der Waals surface area contributed by atoms with Crippen LogP contribution in [0.15, 0.2) is 36.4 Å². The van der Waals surface area contributed by atoms with Crippen molar-refractivity contribution < 1.29 is 24.2 Å². The lowest BCUT2D eigenvalue weighted by Gasteiger charge is -2.05. The third-order valence-corrected chi connectivity index (χ3v) is 2.49. The molecule has 5 nitrogen and oxygen atoms in total. The second-order valence-corrected chi connectivity index (χ2v) is 3.55. The molecule has 0 unspecified atom stereocenters. The van der Waals surface area contributed by atoms with Crippen LogP contribution in [0.1, 0.15) is 20.7 Å². The van der Waals surface area contributed by atoms with Gasteiger partial charge in [0, 0.05) is 0 Å². The van der Waals surface area contributed by atoms with Crippen LogP contribution < -0.4 is 0 Å². The predicted molar refractivity (Wildman–Crippen MR) is 62.4 cm³/mol. The van der Waals surface area contributed by atoms with Gasteiger partial charge in [-0.15, -0.1) is 0 Å². The minimum atomic E-state index is -1.25. The van der Waals surface area contributed by atoms with Crippen molar-refractivity contribution in [3.63, 3.8) is 0 Å². The van der Waals surface area contributed by atoms with Crippen LogP contribution in [0.4, 0.5) is 0 Å². The fourth-order valence-electron chi connectivity index (χ4n) is 1.69. The molecule has 0 heterocycles. The highest BCUT2D eigenvalue weighted by Crippen LogP contribution is 2.21. The summed E-state index contributed by atoms with van der Waals surface area (Å²) in [7, 11) is 0. The number of rotatable bonds is 3. The largest absolute Gasteiger partial charge is 0.478 e. The lowest BCUT2D eigenvalue weighted by atomic mass is 10.0. The topological polar surface area (TPSA) is 80.7 Å². The van der Waals surface area contributed by atoms with Gasteiger partial charge in [-0.3, -0.25) is 4.79 Å². The van der Waals surface area contributed by atoms with Crippen molar-refractivity contribution in [2.75, 3.05) is 0 Å². The van der Waals surface area contributed by atoms with Crippen molar-refractivity contribution in [1.82, 2.24) is 0 Å². The van der Waals surface area contributed by atoms with Gasteiger partial charge in [0.1, 0.15) is 0 Å². The number of carboxylic acid groups (broad SMARTS) is 1. The Bertz CT molecular complexity index is 645. The van der Waals surface area contributed by atoms with E-state index in [4.69, 9.17) is 5.11 Å². The van der Waals surface area contributed by atoms with Gasteiger partial charge in [-0.25, -0.2) is 9.59 Å². The summed E-state index contributed by atoms with van der Waals surface area (Å²) >= 11 is 0. The monoisotopic (exact) mass is 244 g/mol. The maximum absolute atomic E-state index is 11.5. The molecule has 5 heteroatoms. The minimum Gasteiger partial charge on any atom is -0.478 e. The molecule has 90 valence electrons. The summed E-state index contributed by atoms with van der Waals surface area (Å²) < 4.78 is 4.18. The number of aromatic carboxylic acids is 1. The Balaban J connectivity index is 2.68. The normalized spacial score (nSPS) is 10.0. The van der Waals surface area contributed by atoms with Crippen LogP contribution in [0.25, 0.3) is 10.8 Å². The molecule has 0 aromatic heterocycles. The van der Waals surface area contributed by atoms with Crippen LogP contribution >= 0.6 is 0 Å². The number of esters is 1. The first-order chi connectivity index (χ1) is 8.63. The SMILES string of the molecule is O=COC(=O)c1cc2ccccc2cc1C(=O)O. The Kier molecular flexibility index (Phi) is 3.05. The molecular formula is C13H8O5. The van der Waals surface area contributed by atoms with Gasteiger partial charge in [0.05, 0.1) is 11.1 Å². The Morgan fingerprint density at radius 1 is 1.06 bits per heavy atom. The number of carboxylic acids is 1. The van der Waals surface area contributed by atoms with Gasteiger partial charge < -0.3 is 9.84 Å². The second-order valence-electron chi connectivity index (χ2n) is 3.55. The summed E-state index contributed by atoms with van der Waals surface area (Å²) in [4.78, 5) is 32.7. The number of ether oxygens (including phenoxy) is 1. The first-order valence-corrected chi connectivity index (χ1v) is 5.04. The molecule has 1 N–H and O–H groups in total. The number of hydrogen-bond acceptors (Lipinski definition) is 4. The van der Waals surface area contributed by atoms with E-state index in [2.05, 4.69) is 4.74 Å². The maximum Gasteiger partial charge on any atom is 0.346 e. The van der Waals surface area contributed by atoms with Crippen molar-refractivity contribution in [3.05, 3.63) is 47.5 Å². The van der Waals surface area contributed by atoms with Gasteiger partial charge in [-0.2, -0.15) is 0 Å². The minimum absolute atomic E-state index is 0.0246. The molecule has 0 saturated carbocycles. The summed E-state index contributed by atoms with van der Waals surface area (Å²) in [5.41, 5.74) is -0.339. The summed E-state index contributed by atoms with van der Waals surface area (Å²) in [6.45, 7) is -0.0246. The third kappa shape index (κ3) is 2.06. The van der Waals surface area contributed by atoms with Crippen LogP contribution in [-0.2, 0) is 9.53 Å². The highest BCUT2D eigenvalue weighted by molar-refractivity contribution is 6.07. The van der Waals surface area contributed by atoms with E-state index >= 15 is 0 Å². The van der Waals surface area contributed by atoms with Crippen LogP contribution in [0.5, 0.6) is 0 Å². The van der Waals surface area contributed by atoms with Gasteiger partial charge >= 0.3 is 18.4 Å². The van der Waals surface area contributed by atoms with Crippen LogP contribution in [0, 0.1) is 0 Å². The van der Waals surface area contributed by atoms with Gasteiger partial charge in [0.2, 0.25) is 0 Å². The molecule has 0 fully saturated rings. The fourth-order valence-corrected chi connectivity index (χ4v) is 1.69. The fraction of sp³-hybridized carbons (Fsp3) is 0. The molecule has 0 aliphatic rings. The lowest BCUT2D eigenvalue weighted by Crippen LogP contribution is -2.11. The van der Waals surface area contributed by atoms with E-state index in [-0.39, 0.29) is 17.6 Å². The first kappa shape index (κ1) is 11.8. The molecule has 2 rings (SSSR count). The quantitative estimate of drug-likeness (QED) is 0.506. The van der Waals surface area contributed by atoms with Gasteiger partial charge in [0.15, 0.2) is 0 Å². The molecular weight excluding hydrogens is 236 g/mol. The smallest absolute Gasteiger partial charge is 0.346 e. The lowest BCUT2D eigenvalue weighted by molar-refractivity contribution is -0.123. The van der Waals surface area contributed by atoms with Crippen LogP contribution in [0.2, 0.25) is 0 Å². The standard InChI is InChI=1S/C13H8O5/c14-7-18-13(17)11-6-9-4-2-1-3-8(9)5-10(11)12(15)16/h1-7H,(H,15,16). The van der Waals surface area contributed by atoms with E-state index in [0.29, 0.717) is 10.8 Å². The highest BCUT2D eigenvalue weighted by atomic mass is 16.6. The van der Waals surface area contributed by atoms with E-state index in [9.17, 15) is 14.4 Å². The molecule has 0 radical (unpaired) electrons. The molecule has 0 bridgehead atoms. The van der Waals surface area contributed by atoms with Crippen molar-refractivity contribution >= 4 is 29.2 Å². The zero-order valence-corrected chi connectivity index (χ0v) is 9.12. The summed E-state index contributed by atoms with van der Waals surface area (Å²) in [5, 5.41) is 10.4. The zero-order chi connectivity index (χ0) is 13.1. The Morgan fingerprint density at radius 3 is 2.11 bits per heavy atom. The van der Waals surface area contributed by atoms with Crippen molar-refractivity contribution in [2.24, 2.45) is 0 Å². The van der Waals surface area contributed by atoms with Crippen molar-refractivity contribution in [3.8, 4) is 0 Å². The third-order valence-electron chi connectivity index (χ3n) is 2.49. The zero-order valence-electron chi connectivity index (χ0n) is 9.12.